The summed E-state index contributed by atoms with van der Waals surface area (Å²) in [5.74, 6) is 0.192. The SMILES string of the molecule is CCc1nc(C(=O)NC[C@H](C)N(C)C(=O)OC(C)(C)C)co1. The summed E-state index contributed by atoms with van der Waals surface area (Å²) in [5.41, 5.74) is -0.310. The number of aryl methyl sites for hydroxylation is 1. The molecule has 2 amide bonds. The summed E-state index contributed by atoms with van der Waals surface area (Å²) in [6.07, 6.45) is 1.53. The van der Waals surface area contributed by atoms with Gasteiger partial charge in [0, 0.05) is 26.1 Å². The predicted molar refractivity (Wildman–Crippen MR) is 81.7 cm³/mol. The van der Waals surface area contributed by atoms with Crippen LogP contribution in [0.4, 0.5) is 4.79 Å². The molecule has 1 atom stereocenters. The van der Waals surface area contributed by atoms with E-state index < -0.39 is 11.7 Å². The van der Waals surface area contributed by atoms with Crippen molar-refractivity contribution in [2.75, 3.05) is 13.6 Å². The highest BCUT2D eigenvalue weighted by atomic mass is 16.6. The molecule has 0 aliphatic carbocycles. The molecule has 1 rings (SSSR count). The Hall–Kier alpha value is -2.05. The normalized spacial score (nSPS) is 12.6. The van der Waals surface area contributed by atoms with Gasteiger partial charge in [-0.05, 0) is 27.7 Å². The minimum absolute atomic E-state index is 0.212. The van der Waals surface area contributed by atoms with Gasteiger partial charge in [-0.15, -0.1) is 0 Å². The minimum Gasteiger partial charge on any atom is -0.448 e. The second-order valence-corrected chi connectivity index (χ2v) is 6.13. The highest BCUT2D eigenvalue weighted by Gasteiger charge is 2.23. The van der Waals surface area contributed by atoms with Gasteiger partial charge in [0.25, 0.3) is 5.91 Å². The molecule has 0 unspecified atom stereocenters. The van der Waals surface area contributed by atoms with Gasteiger partial charge < -0.3 is 19.4 Å². The Balaban J connectivity index is 2.49. The Morgan fingerprint density at radius 2 is 2.09 bits per heavy atom. The third-order valence-electron chi connectivity index (χ3n) is 2.99. The van der Waals surface area contributed by atoms with E-state index in [9.17, 15) is 9.59 Å². The van der Waals surface area contributed by atoms with E-state index in [2.05, 4.69) is 10.3 Å². The Labute approximate surface area is 131 Å². The van der Waals surface area contributed by atoms with Crippen molar-refractivity contribution in [1.82, 2.24) is 15.2 Å². The third kappa shape index (κ3) is 5.38. The first-order valence-corrected chi connectivity index (χ1v) is 7.32. The van der Waals surface area contributed by atoms with Crippen LogP contribution in [-0.2, 0) is 11.2 Å². The first-order chi connectivity index (χ1) is 10.1. The van der Waals surface area contributed by atoms with Crippen LogP contribution in [0.1, 0.15) is 51.0 Å². The molecule has 1 heterocycles. The molecule has 0 fully saturated rings. The van der Waals surface area contributed by atoms with Crippen LogP contribution in [0.5, 0.6) is 0 Å². The second-order valence-electron chi connectivity index (χ2n) is 6.13. The Bertz CT molecular complexity index is 519. The van der Waals surface area contributed by atoms with Gasteiger partial charge in [0.05, 0.1) is 0 Å². The summed E-state index contributed by atoms with van der Waals surface area (Å²) in [6.45, 7) is 9.43. The summed E-state index contributed by atoms with van der Waals surface area (Å²) in [6, 6.07) is -0.212. The van der Waals surface area contributed by atoms with E-state index in [1.165, 1.54) is 11.2 Å². The monoisotopic (exact) mass is 311 g/mol. The fourth-order valence-corrected chi connectivity index (χ4v) is 1.56. The van der Waals surface area contributed by atoms with E-state index in [1.54, 1.807) is 27.8 Å². The zero-order valence-corrected chi connectivity index (χ0v) is 14.1. The number of carbonyl (C=O) groups excluding carboxylic acids is 2. The number of hydrogen-bond donors (Lipinski definition) is 1. The van der Waals surface area contributed by atoms with Crippen LogP contribution in [0.15, 0.2) is 10.7 Å². The van der Waals surface area contributed by atoms with E-state index >= 15 is 0 Å². The molecule has 0 bridgehead atoms. The maximum Gasteiger partial charge on any atom is 0.410 e. The maximum absolute atomic E-state index is 11.9. The fourth-order valence-electron chi connectivity index (χ4n) is 1.56. The predicted octanol–water partition coefficient (Wildman–Crippen LogP) is 2.22. The molecule has 1 aromatic rings. The Morgan fingerprint density at radius 3 is 2.59 bits per heavy atom. The van der Waals surface area contributed by atoms with Gasteiger partial charge in [-0.25, -0.2) is 9.78 Å². The summed E-state index contributed by atoms with van der Waals surface area (Å²) < 4.78 is 10.4. The zero-order chi connectivity index (χ0) is 16.9. The average Bonchev–Trinajstić information content (AvgIpc) is 2.90. The molecule has 0 aliphatic rings. The quantitative estimate of drug-likeness (QED) is 0.901. The average molecular weight is 311 g/mol. The molecule has 1 N–H and O–H groups in total. The Morgan fingerprint density at radius 1 is 1.45 bits per heavy atom. The van der Waals surface area contributed by atoms with Gasteiger partial charge in [0.1, 0.15) is 11.9 Å². The summed E-state index contributed by atoms with van der Waals surface area (Å²) in [5, 5.41) is 2.72. The molecule has 7 heteroatoms. The lowest BCUT2D eigenvalue weighted by Crippen LogP contribution is -2.45. The number of oxazole rings is 1. The lowest BCUT2D eigenvalue weighted by Gasteiger charge is -2.28. The van der Waals surface area contributed by atoms with E-state index in [1.807, 2.05) is 13.8 Å². The molecule has 0 saturated carbocycles. The van der Waals surface area contributed by atoms with Crippen molar-refractivity contribution < 1.29 is 18.7 Å². The van der Waals surface area contributed by atoms with Crippen LogP contribution in [0.2, 0.25) is 0 Å². The van der Waals surface area contributed by atoms with Crippen LogP contribution >= 0.6 is 0 Å². The fraction of sp³-hybridized carbons (Fsp3) is 0.667. The van der Waals surface area contributed by atoms with Crippen LogP contribution in [0.3, 0.4) is 0 Å². The number of carbonyl (C=O) groups is 2. The van der Waals surface area contributed by atoms with E-state index in [0.717, 1.165) is 0 Å². The number of nitrogens with one attached hydrogen (secondary N) is 1. The van der Waals surface area contributed by atoms with Crippen molar-refractivity contribution in [2.24, 2.45) is 0 Å². The number of nitrogens with zero attached hydrogens (tertiary/aromatic N) is 2. The number of ether oxygens (including phenoxy) is 1. The van der Waals surface area contributed by atoms with Crippen molar-refractivity contribution in [1.29, 1.82) is 0 Å². The van der Waals surface area contributed by atoms with E-state index in [-0.39, 0.29) is 17.6 Å². The molecule has 22 heavy (non-hydrogen) atoms. The van der Waals surface area contributed by atoms with Gasteiger partial charge in [0.2, 0.25) is 0 Å². The highest BCUT2D eigenvalue weighted by molar-refractivity contribution is 5.91. The van der Waals surface area contributed by atoms with Gasteiger partial charge in [-0.3, -0.25) is 4.79 Å². The molecule has 1 aromatic heterocycles. The molecule has 124 valence electrons. The second kappa shape index (κ2) is 7.29. The Kier molecular flexibility index (Phi) is 5.96. The molecule has 0 radical (unpaired) electrons. The van der Waals surface area contributed by atoms with Crippen molar-refractivity contribution in [3.05, 3.63) is 17.8 Å². The van der Waals surface area contributed by atoms with Gasteiger partial charge >= 0.3 is 6.09 Å². The number of rotatable bonds is 5. The van der Waals surface area contributed by atoms with Crippen LogP contribution in [-0.4, -0.2) is 47.1 Å². The molecular formula is C15H25N3O4. The van der Waals surface area contributed by atoms with Gasteiger partial charge in [-0.1, -0.05) is 6.92 Å². The van der Waals surface area contributed by atoms with Gasteiger partial charge in [0.15, 0.2) is 11.6 Å². The molecule has 0 saturated heterocycles. The van der Waals surface area contributed by atoms with Crippen LogP contribution in [0, 0.1) is 0 Å². The molecular weight excluding hydrogens is 286 g/mol. The van der Waals surface area contributed by atoms with Crippen molar-refractivity contribution in [3.8, 4) is 0 Å². The number of aromatic nitrogens is 1. The van der Waals surface area contributed by atoms with Crippen molar-refractivity contribution >= 4 is 12.0 Å². The lowest BCUT2D eigenvalue weighted by molar-refractivity contribution is 0.0234. The summed E-state index contributed by atoms with van der Waals surface area (Å²) in [7, 11) is 1.64. The molecule has 0 aromatic carbocycles. The highest BCUT2D eigenvalue weighted by Crippen LogP contribution is 2.10. The van der Waals surface area contributed by atoms with E-state index in [0.29, 0.717) is 18.9 Å². The summed E-state index contributed by atoms with van der Waals surface area (Å²) >= 11 is 0. The zero-order valence-electron chi connectivity index (χ0n) is 14.1. The standard InChI is InChI=1S/C15H25N3O4/c1-7-12-17-11(9-21-12)13(19)16-8-10(2)18(6)14(20)22-15(3,4)5/h9-10H,7-8H2,1-6H3,(H,16,19)/t10-/m0/s1. The first kappa shape index (κ1) is 18.0. The third-order valence-corrected chi connectivity index (χ3v) is 2.99. The lowest BCUT2D eigenvalue weighted by atomic mass is 10.2. The smallest absolute Gasteiger partial charge is 0.410 e. The molecule has 7 nitrogen and oxygen atoms in total. The van der Waals surface area contributed by atoms with E-state index in [4.69, 9.17) is 9.15 Å². The van der Waals surface area contributed by atoms with Crippen LogP contribution < -0.4 is 5.32 Å². The maximum atomic E-state index is 11.9. The number of hydrogen-bond acceptors (Lipinski definition) is 5. The first-order valence-electron chi connectivity index (χ1n) is 7.32. The van der Waals surface area contributed by atoms with Crippen LogP contribution in [0.25, 0.3) is 0 Å². The molecule has 0 aliphatic heterocycles. The summed E-state index contributed by atoms with van der Waals surface area (Å²) in [4.78, 5) is 29.4. The molecule has 0 spiro atoms. The van der Waals surface area contributed by atoms with Crippen molar-refractivity contribution in [2.45, 2.75) is 52.7 Å². The number of amides is 2. The topological polar surface area (TPSA) is 84.7 Å². The van der Waals surface area contributed by atoms with Gasteiger partial charge in [-0.2, -0.15) is 0 Å². The minimum atomic E-state index is -0.550. The van der Waals surface area contributed by atoms with Crippen molar-refractivity contribution in [3.63, 3.8) is 0 Å². The number of likely N-dealkylation sites (N-methyl/N-ethyl adjacent to an activating group) is 1. The largest absolute Gasteiger partial charge is 0.448 e.